The Balaban J connectivity index is 1.50. The first kappa shape index (κ1) is 20.6. The average Bonchev–Trinajstić information content (AvgIpc) is 2.71. The highest BCUT2D eigenvalue weighted by Gasteiger charge is 2.32. The van der Waals surface area contributed by atoms with Crippen LogP contribution in [0.4, 0.5) is 24.8 Å². The molecule has 1 aliphatic heterocycles. The maximum absolute atomic E-state index is 12.5. The Hall–Kier alpha value is -3.08. The van der Waals surface area contributed by atoms with Crippen molar-refractivity contribution in [1.29, 1.82) is 0 Å². The van der Waals surface area contributed by atoms with Crippen LogP contribution in [0.25, 0.3) is 0 Å². The van der Waals surface area contributed by atoms with E-state index in [9.17, 15) is 18.0 Å². The van der Waals surface area contributed by atoms with E-state index in [1.165, 1.54) is 24.5 Å². The molecule has 2 N–H and O–H groups in total. The molecule has 0 bridgehead atoms. The number of anilines is 2. The Morgan fingerprint density at radius 3 is 2.69 bits per heavy atom. The normalized spacial score (nSPS) is 14.4. The van der Waals surface area contributed by atoms with Gasteiger partial charge in [0.2, 0.25) is 0 Å². The fraction of sp³-hybridized carbons (Fsp3) is 0.389. The summed E-state index contributed by atoms with van der Waals surface area (Å²) in [5.74, 6) is 0.143. The molecule has 8 nitrogen and oxygen atoms in total. The van der Waals surface area contributed by atoms with Crippen molar-refractivity contribution in [2.75, 3.05) is 49.6 Å². The van der Waals surface area contributed by atoms with Crippen LogP contribution in [0.2, 0.25) is 0 Å². The quantitative estimate of drug-likeness (QED) is 0.674. The lowest BCUT2D eigenvalue weighted by atomic mass is 10.2. The minimum absolute atomic E-state index is 0.177. The van der Waals surface area contributed by atoms with E-state index in [2.05, 4.69) is 30.2 Å². The number of nitrogens with zero attached hydrogens (tertiary/aromatic N) is 3. The van der Waals surface area contributed by atoms with Crippen LogP contribution in [0.1, 0.15) is 10.4 Å². The number of amides is 1. The fourth-order valence-electron chi connectivity index (χ4n) is 2.74. The lowest BCUT2D eigenvalue weighted by Gasteiger charge is -2.27. The third kappa shape index (κ3) is 6.21. The second-order valence-corrected chi connectivity index (χ2v) is 6.09. The molecular weight excluding hydrogens is 391 g/mol. The van der Waals surface area contributed by atoms with Crippen molar-refractivity contribution in [2.45, 2.75) is 6.36 Å². The van der Waals surface area contributed by atoms with Crippen LogP contribution in [0.15, 0.2) is 36.7 Å². The highest BCUT2D eigenvalue weighted by Crippen LogP contribution is 2.26. The van der Waals surface area contributed by atoms with Gasteiger partial charge < -0.3 is 25.0 Å². The monoisotopic (exact) mass is 411 g/mol. The number of halogens is 3. The van der Waals surface area contributed by atoms with Gasteiger partial charge in [-0.1, -0.05) is 12.1 Å². The molecule has 156 valence electrons. The van der Waals surface area contributed by atoms with Gasteiger partial charge in [-0.25, -0.2) is 9.97 Å². The van der Waals surface area contributed by atoms with Crippen LogP contribution >= 0.6 is 0 Å². The predicted octanol–water partition coefficient (Wildman–Crippen LogP) is 2.05. The second kappa shape index (κ2) is 9.41. The molecule has 0 spiro atoms. The van der Waals surface area contributed by atoms with Crippen LogP contribution in [-0.2, 0) is 4.74 Å². The number of hydrogen-bond donors (Lipinski definition) is 2. The Labute approximate surface area is 165 Å². The van der Waals surface area contributed by atoms with Crippen LogP contribution in [0.3, 0.4) is 0 Å². The molecule has 1 aliphatic rings. The summed E-state index contributed by atoms with van der Waals surface area (Å²) in [5.41, 5.74) is -0.193. The van der Waals surface area contributed by atoms with E-state index in [4.69, 9.17) is 4.74 Å². The second-order valence-electron chi connectivity index (χ2n) is 6.09. The molecule has 1 aromatic heterocycles. The molecule has 2 aromatic rings. The molecule has 1 fully saturated rings. The van der Waals surface area contributed by atoms with E-state index in [0.717, 1.165) is 25.0 Å². The molecule has 0 atom stereocenters. The van der Waals surface area contributed by atoms with Crippen LogP contribution in [0, 0.1) is 0 Å². The number of carbonyl (C=O) groups excluding carboxylic acids is 1. The summed E-state index contributed by atoms with van der Waals surface area (Å²) in [7, 11) is 0. The zero-order valence-corrected chi connectivity index (χ0v) is 15.4. The Morgan fingerprint density at radius 2 is 1.93 bits per heavy atom. The Morgan fingerprint density at radius 1 is 1.17 bits per heavy atom. The summed E-state index contributed by atoms with van der Waals surface area (Å²) in [6, 6.07) is 6.97. The first-order chi connectivity index (χ1) is 13.9. The number of aromatic nitrogens is 2. The van der Waals surface area contributed by atoms with Gasteiger partial charge in [0.1, 0.15) is 23.7 Å². The van der Waals surface area contributed by atoms with Crippen molar-refractivity contribution < 1.29 is 27.4 Å². The maximum Gasteiger partial charge on any atom is 0.573 e. The van der Waals surface area contributed by atoms with Crippen molar-refractivity contribution in [3.05, 3.63) is 42.2 Å². The summed E-state index contributed by atoms with van der Waals surface area (Å²) < 4.78 is 46.6. The largest absolute Gasteiger partial charge is 0.573 e. The third-order valence-corrected chi connectivity index (χ3v) is 4.06. The minimum Gasteiger partial charge on any atom is -0.405 e. The standard InChI is InChI=1S/C18H20F3N5O3/c19-18(20,21)29-14-4-2-1-3-13(14)17(27)23-6-5-22-15-11-16(25-12-24-15)26-7-9-28-10-8-26/h1-4,11-12H,5-10H2,(H,23,27)(H,22,24,25). The van der Waals surface area contributed by atoms with Crippen LogP contribution in [-0.4, -0.2) is 61.6 Å². The van der Waals surface area contributed by atoms with Gasteiger partial charge in [-0.15, -0.1) is 13.2 Å². The van der Waals surface area contributed by atoms with E-state index in [1.54, 1.807) is 6.07 Å². The van der Waals surface area contributed by atoms with E-state index in [1.807, 2.05) is 0 Å². The SMILES string of the molecule is O=C(NCCNc1cc(N2CCOCC2)ncn1)c1ccccc1OC(F)(F)F. The number of rotatable bonds is 7. The van der Waals surface area contributed by atoms with Crippen LogP contribution in [0.5, 0.6) is 5.75 Å². The van der Waals surface area contributed by atoms with Gasteiger partial charge >= 0.3 is 6.36 Å². The summed E-state index contributed by atoms with van der Waals surface area (Å²) in [6.07, 6.45) is -3.43. The molecule has 0 aliphatic carbocycles. The molecule has 29 heavy (non-hydrogen) atoms. The van der Waals surface area contributed by atoms with Crippen molar-refractivity contribution in [1.82, 2.24) is 15.3 Å². The molecule has 0 saturated carbocycles. The van der Waals surface area contributed by atoms with Gasteiger partial charge in [-0.05, 0) is 12.1 Å². The fourth-order valence-corrected chi connectivity index (χ4v) is 2.74. The lowest BCUT2D eigenvalue weighted by Crippen LogP contribution is -2.36. The van der Waals surface area contributed by atoms with Crippen molar-refractivity contribution in [3.8, 4) is 5.75 Å². The van der Waals surface area contributed by atoms with E-state index < -0.39 is 18.0 Å². The molecule has 1 saturated heterocycles. The van der Waals surface area contributed by atoms with Crippen molar-refractivity contribution in [3.63, 3.8) is 0 Å². The predicted molar refractivity (Wildman–Crippen MR) is 99.0 cm³/mol. The number of nitrogens with one attached hydrogen (secondary N) is 2. The highest BCUT2D eigenvalue weighted by atomic mass is 19.4. The van der Waals surface area contributed by atoms with E-state index >= 15 is 0 Å². The molecule has 0 unspecified atom stereocenters. The molecule has 1 aromatic carbocycles. The summed E-state index contributed by atoms with van der Waals surface area (Å²) in [4.78, 5) is 22.6. The summed E-state index contributed by atoms with van der Waals surface area (Å²) in [5, 5.41) is 5.60. The summed E-state index contributed by atoms with van der Waals surface area (Å²) >= 11 is 0. The third-order valence-electron chi connectivity index (χ3n) is 4.06. The Kier molecular flexibility index (Phi) is 6.70. The van der Waals surface area contributed by atoms with Gasteiger partial charge in [0.15, 0.2) is 0 Å². The molecule has 2 heterocycles. The average molecular weight is 411 g/mol. The first-order valence-electron chi connectivity index (χ1n) is 8.94. The molecule has 1 amide bonds. The molecule has 11 heteroatoms. The van der Waals surface area contributed by atoms with Crippen molar-refractivity contribution >= 4 is 17.5 Å². The Bertz CT molecular complexity index is 828. The molecular formula is C18H20F3N5O3. The lowest BCUT2D eigenvalue weighted by molar-refractivity contribution is -0.274. The topological polar surface area (TPSA) is 88.6 Å². The van der Waals surface area contributed by atoms with Gasteiger partial charge in [0, 0.05) is 32.2 Å². The van der Waals surface area contributed by atoms with Gasteiger partial charge in [-0.2, -0.15) is 0 Å². The first-order valence-corrected chi connectivity index (χ1v) is 8.94. The zero-order chi connectivity index (χ0) is 20.7. The molecule has 3 rings (SSSR count). The molecule has 0 radical (unpaired) electrons. The zero-order valence-electron chi connectivity index (χ0n) is 15.4. The maximum atomic E-state index is 12.5. The number of ether oxygens (including phenoxy) is 2. The van der Waals surface area contributed by atoms with E-state index in [0.29, 0.717) is 25.6 Å². The minimum atomic E-state index is -4.87. The highest BCUT2D eigenvalue weighted by molar-refractivity contribution is 5.96. The van der Waals surface area contributed by atoms with Gasteiger partial charge in [0.05, 0.1) is 18.8 Å². The van der Waals surface area contributed by atoms with Gasteiger partial charge in [0.25, 0.3) is 5.91 Å². The smallest absolute Gasteiger partial charge is 0.405 e. The number of hydrogen-bond acceptors (Lipinski definition) is 7. The van der Waals surface area contributed by atoms with E-state index in [-0.39, 0.29) is 12.1 Å². The summed E-state index contributed by atoms with van der Waals surface area (Å²) in [6.45, 7) is 3.26. The number of morpholine rings is 1. The number of alkyl halides is 3. The number of benzene rings is 1. The van der Waals surface area contributed by atoms with Crippen LogP contribution < -0.4 is 20.3 Å². The van der Waals surface area contributed by atoms with Crippen molar-refractivity contribution in [2.24, 2.45) is 0 Å². The number of para-hydroxylation sites is 1. The van der Waals surface area contributed by atoms with Gasteiger partial charge in [-0.3, -0.25) is 4.79 Å². The number of carbonyl (C=O) groups is 1.